The van der Waals surface area contributed by atoms with Crippen LogP contribution in [0.5, 0.6) is 0 Å². The SMILES string of the molecule is CCC(CC)C(=O)N1CCC(C(=O)Nc2c(Cl)cccc2Cl)CC1. The highest BCUT2D eigenvalue weighted by atomic mass is 35.5. The van der Waals surface area contributed by atoms with E-state index in [2.05, 4.69) is 5.32 Å². The summed E-state index contributed by atoms with van der Waals surface area (Å²) in [4.78, 5) is 26.8. The Balaban J connectivity index is 1.92. The van der Waals surface area contributed by atoms with Gasteiger partial charge in [-0.25, -0.2) is 0 Å². The predicted molar refractivity (Wildman–Crippen MR) is 98.5 cm³/mol. The smallest absolute Gasteiger partial charge is 0.227 e. The third-order valence-electron chi connectivity index (χ3n) is 4.72. The van der Waals surface area contributed by atoms with E-state index in [4.69, 9.17) is 23.2 Å². The summed E-state index contributed by atoms with van der Waals surface area (Å²) in [5, 5.41) is 3.69. The number of halogens is 2. The van der Waals surface area contributed by atoms with Crippen molar-refractivity contribution in [2.24, 2.45) is 11.8 Å². The van der Waals surface area contributed by atoms with Crippen LogP contribution in [0.15, 0.2) is 18.2 Å². The van der Waals surface area contributed by atoms with Crippen LogP contribution in [0, 0.1) is 11.8 Å². The van der Waals surface area contributed by atoms with Gasteiger partial charge >= 0.3 is 0 Å². The van der Waals surface area contributed by atoms with E-state index >= 15 is 0 Å². The van der Waals surface area contributed by atoms with E-state index < -0.39 is 0 Å². The Morgan fingerprint density at radius 3 is 2.21 bits per heavy atom. The van der Waals surface area contributed by atoms with Gasteiger partial charge in [-0.15, -0.1) is 0 Å². The van der Waals surface area contributed by atoms with Crippen molar-refractivity contribution in [3.05, 3.63) is 28.2 Å². The molecular weight excluding hydrogens is 347 g/mol. The molecular formula is C18H24Cl2N2O2. The van der Waals surface area contributed by atoms with Gasteiger partial charge in [-0.1, -0.05) is 43.1 Å². The molecule has 1 fully saturated rings. The molecule has 1 saturated heterocycles. The minimum absolute atomic E-state index is 0.0837. The number of anilines is 1. The number of benzene rings is 1. The highest BCUT2D eigenvalue weighted by Crippen LogP contribution is 2.31. The summed E-state index contributed by atoms with van der Waals surface area (Å²) in [5.74, 6) is 0.105. The monoisotopic (exact) mass is 370 g/mol. The van der Waals surface area contributed by atoms with Gasteiger partial charge in [-0.2, -0.15) is 0 Å². The molecule has 2 rings (SSSR count). The molecule has 132 valence electrons. The number of hydrogen-bond acceptors (Lipinski definition) is 2. The first kappa shape index (κ1) is 19.1. The van der Waals surface area contributed by atoms with E-state index in [-0.39, 0.29) is 23.7 Å². The van der Waals surface area contributed by atoms with E-state index in [1.165, 1.54) is 0 Å². The van der Waals surface area contributed by atoms with Crippen molar-refractivity contribution in [1.82, 2.24) is 4.90 Å². The van der Waals surface area contributed by atoms with Gasteiger partial charge in [-0.3, -0.25) is 9.59 Å². The highest BCUT2D eigenvalue weighted by Gasteiger charge is 2.30. The number of piperidine rings is 1. The second-order valence-corrected chi connectivity index (χ2v) is 7.01. The molecule has 1 N–H and O–H groups in total. The topological polar surface area (TPSA) is 49.4 Å². The van der Waals surface area contributed by atoms with Gasteiger partial charge in [0.05, 0.1) is 15.7 Å². The van der Waals surface area contributed by atoms with Gasteiger partial charge in [0.2, 0.25) is 11.8 Å². The van der Waals surface area contributed by atoms with Crippen LogP contribution in [0.1, 0.15) is 39.5 Å². The minimum Gasteiger partial charge on any atom is -0.342 e. The van der Waals surface area contributed by atoms with E-state index in [0.717, 1.165) is 12.8 Å². The van der Waals surface area contributed by atoms with Crippen LogP contribution in [0.2, 0.25) is 10.0 Å². The van der Waals surface area contributed by atoms with Crippen molar-refractivity contribution in [1.29, 1.82) is 0 Å². The van der Waals surface area contributed by atoms with E-state index in [1.807, 2.05) is 18.7 Å². The first-order chi connectivity index (χ1) is 11.5. The van der Waals surface area contributed by atoms with Gasteiger partial charge in [0.25, 0.3) is 0 Å². The quantitative estimate of drug-likeness (QED) is 0.822. The lowest BCUT2D eigenvalue weighted by Crippen LogP contribution is -2.43. The van der Waals surface area contributed by atoms with Crippen LogP contribution in [-0.2, 0) is 9.59 Å². The van der Waals surface area contributed by atoms with Crippen LogP contribution in [0.3, 0.4) is 0 Å². The van der Waals surface area contributed by atoms with Crippen molar-refractivity contribution in [3.63, 3.8) is 0 Å². The number of rotatable bonds is 5. The molecule has 0 aliphatic carbocycles. The van der Waals surface area contributed by atoms with Crippen LogP contribution in [0.4, 0.5) is 5.69 Å². The largest absolute Gasteiger partial charge is 0.342 e. The maximum atomic E-state index is 12.5. The average Bonchev–Trinajstić information content (AvgIpc) is 2.59. The second-order valence-electron chi connectivity index (χ2n) is 6.20. The molecule has 1 heterocycles. The van der Waals surface area contributed by atoms with Crippen molar-refractivity contribution in [2.75, 3.05) is 18.4 Å². The Kier molecular flexibility index (Phi) is 6.93. The zero-order valence-corrected chi connectivity index (χ0v) is 15.7. The number of carbonyl (C=O) groups is 2. The molecule has 0 unspecified atom stereocenters. The van der Waals surface area contributed by atoms with Gasteiger partial charge in [0.1, 0.15) is 0 Å². The van der Waals surface area contributed by atoms with Gasteiger partial charge in [0.15, 0.2) is 0 Å². The van der Waals surface area contributed by atoms with Crippen LogP contribution in [-0.4, -0.2) is 29.8 Å². The van der Waals surface area contributed by atoms with Crippen LogP contribution < -0.4 is 5.32 Å². The summed E-state index contributed by atoms with van der Waals surface area (Å²) in [7, 11) is 0. The lowest BCUT2D eigenvalue weighted by molar-refractivity contribution is -0.138. The van der Waals surface area contributed by atoms with E-state index in [1.54, 1.807) is 18.2 Å². The Morgan fingerprint density at radius 1 is 1.17 bits per heavy atom. The molecule has 0 atom stereocenters. The molecule has 1 aliphatic rings. The predicted octanol–water partition coefficient (Wildman–Crippen LogP) is 4.61. The van der Waals surface area contributed by atoms with Gasteiger partial charge in [0, 0.05) is 24.9 Å². The molecule has 1 aliphatic heterocycles. The Labute approximate surface area is 153 Å². The van der Waals surface area contributed by atoms with Gasteiger partial charge < -0.3 is 10.2 Å². The third-order valence-corrected chi connectivity index (χ3v) is 5.35. The summed E-state index contributed by atoms with van der Waals surface area (Å²) >= 11 is 12.2. The van der Waals surface area contributed by atoms with E-state index in [0.29, 0.717) is 41.7 Å². The van der Waals surface area contributed by atoms with Gasteiger partial charge in [-0.05, 0) is 37.8 Å². The fraction of sp³-hybridized carbons (Fsp3) is 0.556. The highest BCUT2D eigenvalue weighted by molar-refractivity contribution is 6.39. The summed E-state index contributed by atoms with van der Waals surface area (Å²) in [5.41, 5.74) is 0.460. The lowest BCUT2D eigenvalue weighted by atomic mass is 9.93. The molecule has 0 radical (unpaired) electrons. The molecule has 0 spiro atoms. The zero-order chi connectivity index (χ0) is 17.7. The number of nitrogens with one attached hydrogen (secondary N) is 1. The normalized spacial score (nSPS) is 15.6. The van der Waals surface area contributed by atoms with Crippen LogP contribution >= 0.6 is 23.2 Å². The molecule has 4 nitrogen and oxygen atoms in total. The number of amides is 2. The maximum absolute atomic E-state index is 12.5. The fourth-order valence-corrected chi connectivity index (χ4v) is 3.59. The number of hydrogen-bond donors (Lipinski definition) is 1. The van der Waals surface area contributed by atoms with Crippen molar-refractivity contribution < 1.29 is 9.59 Å². The van der Waals surface area contributed by atoms with E-state index in [9.17, 15) is 9.59 Å². The summed E-state index contributed by atoms with van der Waals surface area (Å²) in [6.07, 6.45) is 3.06. The van der Waals surface area contributed by atoms with Crippen LogP contribution in [0.25, 0.3) is 0 Å². The second kappa shape index (κ2) is 8.72. The van der Waals surface area contributed by atoms with Crippen molar-refractivity contribution >= 4 is 40.7 Å². The molecule has 2 amide bonds. The molecule has 1 aromatic carbocycles. The molecule has 0 aromatic heterocycles. The number of para-hydroxylation sites is 1. The van der Waals surface area contributed by atoms with Crippen molar-refractivity contribution in [3.8, 4) is 0 Å². The summed E-state index contributed by atoms with van der Waals surface area (Å²) < 4.78 is 0. The molecule has 1 aromatic rings. The first-order valence-electron chi connectivity index (χ1n) is 8.51. The minimum atomic E-state index is -0.122. The summed E-state index contributed by atoms with van der Waals surface area (Å²) in [6.45, 7) is 5.34. The molecule has 24 heavy (non-hydrogen) atoms. The van der Waals surface area contributed by atoms with Crippen molar-refractivity contribution in [2.45, 2.75) is 39.5 Å². The average molecular weight is 371 g/mol. The maximum Gasteiger partial charge on any atom is 0.227 e. The molecule has 6 heteroatoms. The Bertz CT molecular complexity index is 574. The number of likely N-dealkylation sites (tertiary alicyclic amines) is 1. The molecule has 0 bridgehead atoms. The Morgan fingerprint density at radius 2 is 1.71 bits per heavy atom. The third kappa shape index (κ3) is 4.42. The number of carbonyl (C=O) groups excluding carboxylic acids is 2. The lowest BCUT2D eigenvalue weighted by Gasteiger charge is -2.33. The molecule has 0 saturated carbocycles. The standard InChI is InChI=1S/C18H24Cl2N2O2/c1-3-12(4-2)18(24)22-10-8-13(9-11-22)17(23)21-16-14(19)6-5-7-15(16)20/h5-7,12-13H,3-4,8-11H2,1-2H3,(H,21,23). The Hall–Kier alpha value is -1.26. The summed E-state index contributed by atoms with van der Waals surface area (Å²) in [6, 6.07) is 5.13. The fourth-order valence-electron chi connectivity index (χ4n) is 3.10. The first-order valence-corrected chi connectivity index (χ1v) is 9.27. The zero-order valence-electron chi connectivity index (χ0n) is 14.1. The number of nitrogens with zero attached hydrogens (tertiary/aromatic N) is 1.